The second-order valence-electron chi connectivity index (χ2n) is 7.30. The van der Waals surface area contributed by atoms with Crippen molar-refractivity contribution in [2.24, 2.45) is 4.40 Å². The Kier molecular flexibility index (Phi) is 7.41. The molecule has 0 aliphatic carbocycles. The summed E-state index contributed by atoms with van der Waals surface area (Å²) in [6, 6.07) is 26.6. The Morgan fingerprint density at radius 3 is 2.07 bits per heavy atom. The van der Waals surface area contributed by atoms with Gasteiger partial charge in [-0.3, -0.25) is 0 Å². The zero-order valence-corrected chi connectivity index (χ0v) is 18.3. The van der Waals surface area contributed by atoms with Crippen molar-refractivity contribution in [1.29, 1.82) is 0 Å². The molecule has 0 aromatic heterocycles. The zero-order valence-electron chi connectivity index (χ0n) is 17.5. The molecular formula is C25H28N2O2S. The van der Waals surface area contributed by atoms with E-state index < -0.39 is 10.0 Å². The largest absolute Gasteiger partial charge is 0.329 e. The maximum atomic E-state index is 13.1. The van der Waals surface area contributed by atoms with Crippen molar-refractivity contribution >= 4 is 21.5 Å². The molecule has 5 heteroatoms. The highest BCUT2D eigenvalue weighted by Gasteiger charge is 2.20. The molecule has 3 aromatic carbocycles. The van der Waals surface area contributed by atoms with Gasteiger partial charge in [0.2, 0.25) is 0 Å². The molecule has 0 radical (unpaired) electrons. The molecule has 0 amide bonds. The van der Waals surface area contributed by atoms with Gasteiger partial charge in [0.15, 0.2) is 0 Å². The van der Waals surface area contributed by atoms with Gasteiger partial charge in [0.1, 0.15) is 5.84 Å². The van der Waals surface area contributed by atoms with Crippen LogP contribution in [0, 0.1) is 6.92 Å². The van der Waals surface area contributed by atoms with Crippen LogP contribution >= 0.6 is 0 Å². The Balaban J connectivity index is 2.08. The number of benzene rings is 3. The van der Waals surface area contributed by atoms with E-state index in [-0.39, 0.29) is 4.90 Å². The van der Waals surface area contributed by atoms with E-state index in [0.29, 0.717) is 18.8 Å². The molecule has 0 bridgehead atoms. The predicted octanol–water partition coefficient (Wildman–Crippen LogP) is 5.63. The number of unbranched alkanes of at least 4 members (excludes halogenated alkanes) is 1. The maximum Gasteiger partial charge on any atom is 0.283 e. The first-order valence-corrected chi connectivity index (χ1v) is 11.7. The van der Waals surface area contributed by atoms with Crippen LogP contribution in [0.4, 0.5) is 5.69 Å². The number of amidine groups is 1. The molecule has 0 atom stereocenters. The highest BCUT2D eigenvalue weighted by molar-refractivity contribution is 7.90. The molecule has 156 valence electrons. The molecular weight excluding hydrogens is 392 g/mol. The van der Waals surface area contributed by atoms with E-state index in [2.05, 4.69) is 11.3 Å². The molecule has 30 heavy (non-hydrogen) atoms. The summed E-state index contributed by atoms with van der Waals surface area (Å²) in [4.78, 5) is 2.24. The third kappa shape index (κ3) is 5.80. The molecule has 0 aliphatic heterocycles. The number of hydrogen-bond donors (Lipinski definition) is 0. The molecule has 3 aromatic rings. The van der Waals surface area contributed by atoms with Crippen LogP contribution in [0.2, 0.25) is 0 Å². The van der Waals surface area contributed by atoms with Gasteiger partial charge in [-0.2, -0.15) is 8.42 Å². The van der Waals surface area contributed by atoms with Gasteiger partial charge in [0, 0.05) is 18.7 Å². The second-order valence-corrected chi connectivity index (χ2v) is 8.90. The number of anilines is 1. The highest BCUT2D eigenvalue weighted by atomic mass is 32.2. The molecule has 0 heterocycles. The van der Waals surface area contributed by atoms with E-state index >= 15 is 0 Å². The maximum absolute atomic E-state index is 13.1. The lowest BCUT2D eigenvalue weighted by atomic mass is 10.1. The van der Waals surface area contributed by atoms with Crippen LogP contribution in [0.15, 0.2) is 94.2 Å². The van der Waals surface area contributed by atoms with Crippen LogP contribution in [0.3, 0.4) is 0 Å². The number of sulfonamides is 1. The average molecular weight is 421 g/mol. The van der Waals surface area contributed by atoms with Gasteiger partial charge in [-0.05, 0) is 43.2 Å². The van der Waals surface area contributed by atoms with Gasteiger partial charge in [-0.1, -0.05) is 79.6 Å². The van der Waals surface area contributed by atoms with Crippen LogP contribution in [0.5, 0.6) is 0 Å². The lowest BCUT2D eigenvalue weighted by Crippen LogP contribution is -2.34. The summed E-state index contributed by atoms with van der Waals surface area (Å²) in [5.41, 5.74) is 2.98. The van der Waals surface area contributed by atoms with Crippen LogP contribution in [-0.4, -0.2) is 20.8 Å². The fraction of sp³-hybridized carbons (Fsp3) is 0.240. The zero-order chi connectivity index (χ0) is 21.4. The molecule has 4 nitrogen and oxygen atoms in total. The Hall–Kier alpha value is -2.92. The van der Waals surface area contributed by atoms with Crippen molar-refractivity contribution in [2.75, 3.05) is 11.4 Å². The minimum atomic E-state index is -3.83. The van der Waals surface area contributed by atoms with Gasteiger partial charge in [-0.25, -0.2) is 0 Å². The number of aryl methyl sites for hydroxylation is 1. The van der Waals surface area contributed by atoms with E-state index in [1.54, 1.807) is 24.3 Å². The van der Waals surface area contributed by atoms with Gasteiger partial charge in [-0.15, -0.1) is 4.40 Å². The first-order valence-electron chi connectivity index (χ1n) is 10.3. The fourth-order valence-electron chi connectivity index (χ4n) is 3.19. The summed E-state index contributed by atoms with van der Waals surface area (Å²) in [5.74, 6) is 0.529. The van der Waals surface area contributed by atoms with Gasteiger partial charge in [0.05, 0.1) is 4.90 Å². The molecule has 0 aliphatic rings. The molecule has 3 rings (SSSR count). The third-order valence-corrected chi connectivity index (χ3v) is 6.18. The van der Waals surface area contributed by atoms with Crippen LogP contribution in [0.25, 0.3) is 0 Å². The molecule has 0 fully saturated rings. The van der Waals surface area contributed by atoms with E-state index in [0.717, 1.165) is 29.7 Å². The fourth-order valence-corrected chi connectivity index (χ4v) is 4.21. The van der Waals surface area contributed by atoms with E-state index in [1.165, 1.54) is 0 Å². The van der Waals surface area contributed by atoms with E-state index in [9.17, 15) is 8.42 Å². The summed E-state index contributed by atoms with van der Waals surface area (Å²) in [5, 5.41) is 0. The van der Waals surface area contributed by atoms with Crippen LogP contribution in [0.1, 0.15) is 30.9 Å². The monoisotopic (exact) mass is 420 g/mol. The Morgan fingerprint density at radius 2 is 1.47 bits per heavy atom. The minimum absolute atomic E-state index is 0.210. The van der Waals surface area contributed by atoms with E-state index in [4.69, 9.17) is 0 Å². The second kappa shape index (κ2) is 10.2. The number of hydrogen-bond acceptors (Lipinski definition) is 2. The molecule has 0 saturated carbocycles. The van der Waals surface area contributed by atoms with Crippen molar-refractivity contribution in [3.05, 3.63) is 96.1 Å². The van der Waals surface area contributed by atoms with Crippen molar-refractivity contribution in [3.8, 4) is 0 Å². The van der Waals surface area contributed by atoms with Gasteiger partial charge in [0.25, 0.3) is 10.0 Å². The Labute approximate surface area is 180 Å². The summed E-state index contributed by atoms with van der Waals surface area (Å²) >= 11 is 0. The van der Waals surface area contributed by atoms with Crippen molar-refractivity contribution in [1.82, 2.24) is 0 Å². The third-order valence-electron chi connectivity index (χ3n) is 4.86. The van der Waals surface area contributed by atoms with E-state index in [1.807, 2.05) is 72.5 Å². The molecule has 0 saturated heterocycles. The molecule has 0 N–H and O–H groups in total. The van der Waals surface area contributed by atoms with Gasteiger partial charge < -0.3 is 4.90 Å². The summed E-state index contributed by atoms with van der Waals surface area (Å²) in [6.07, 6.45) is 2.38. The minimum Gasteiger partial charge on any atom is -0.329 e. The lowest BCUT2D eigenvalue weighted by molar-refractivity contribution is 0.597. The lowest BCUT2D eigenvalue weighted by Gasteiger charge is -2.26. The first kappa shape index (κ1) is 21.8. The summed E-state index contributed by atoms with van der Waals surface area (Å²) in [6.45, 7) is 4.76. The van der Waals surface area contributed by atoms with Crippen molar-refractivity contribution < 1.29 is 8.42 Å². The summed E-state index contributed by atoms with van der Waals surface area (Å²) < 4.78 is 30.6. The number of para-hydroxylation sites is 1. The molecule has 0 spiro atoms. The van der Waals surface area contributed by atoms with Crippen LogP contribution < -0.4 is 4.90 Å². The number of nitrogens with zero attached hydrogens (tertiary/aromatic N) is 2. The van der Waals surface area contributed by atoms with Crippen LogP contribution in [-0.2, 0) is 16.4 Å². The first-order chi connectivity index (χ1) is 14.5. The SMILES string of the molecule is CCCCN(/C(Cc1ccccc1)=N/S(=O)(=O)c1ccc(C)cc1)c1ccccc1. The Morgan fingerprint density at radius 1 is 0.867 bits per heavy atom. The average Bonchev–Trinajstić information content (AvgIpc) is 2.75. The van der Waals surface area contributed by atoms with Crippen molar-refractivity contribution in [2.45, 2.75) is 38.0 Å². The Bertz CT molecular complexity index is 1060. The van der Waals surface area contributed by atoms with Crippen molar-refractivity contribution in [3.63, 3.8) is 0 Å². The normalized spacial score (nSPS) is 12.0. The highest BCUT2D eigenvalue weighted by Crippen LogP contribution is 2.20. The smallest absolute Gasteiger partial charge is 0.283 e. The summed E-state index contributed by atoms with van der Waals surface area (Å²) in [7, 11) is -3.83. The predicted molar refractivity (Wildman–Crippen MR) is 125 cm³/mol. The number of rotatable bonds is 8. The standard InChI is InChI=1S/C25H28N2O2S/c1-3-4-19-27(23-13-9-6-10-14-23)25(20-22-11-7-5-8-12-22)26-30(28,29)24-17-15-21(2)16-18-24/h5-18H,3-4,19-20H2,1-2H3/b26-25+. The molecule has 0 unspecified atom stereocenters. The quantitative estimate of drug-likeness (QED) is 0.350. The van der Waals surface area contributed by atoms with Gasteiger partial charge >= 0.3 is 0 Å². The topological polar surface area (TPSA) is 49.7 Å².